The molecule has 6 heteroatoms. The fourth-order valence-electron chi connectivity index (χ4n) is 1.97. The van der Waals surface area contributed by atoms with Crippen LogP contribution in [0.4, 0.5) is 0 Å². The number of carbonyl (C=O) groups excluding carboxylic acids is 1. The van der Waals surface area contributed by atoms with Gasteiger partial charge in [-0.15, -0.1) is 0 Å². The molecule has 0 amide bonds. The van der Waals surface area contributed by atoms with E-state index in [0.29, 0.717) is 5.56 Å². The minimum atomic E-state index is -0.589. The van der Waals surface area contributed by atoms with E-state index < -0.39 is 5.97 Å². The molecule has 2 heterocycles. The van der Waals surface area contributed by atoms with Crippen LogP contribution in [-0.2, 0) is 4.84 Å². The molecule has 2 N–H and O–H groups in total. The molecule has 0 saturated carbocycles. The predicted molar refractivity (Wildman–Crippen MR) is 76.4 cm³/mol. The predicted octanol–water partition coefficient (Wildman–Crippen LogP) is 1.96. The molecule has 0 atom stereocenters. The molecule has 0 aliphatic heterocycles. The van der Waals surface area contributed by atoms with Gasteiger partial charge in [-0.05, 0) is 30.3 Å². The normalized spacial score (nSPS) is 10.3. The second-order valence-corrected chi connectivity index (χ2v) is 4.34. The topological polar surface area (TPSA) is 83.0 Å². The van der Waals surface area contributed by atoms with Crippen molar-refractivity contribution in [2.45, 2.75) is 0 Å². The first-order valence-electron chi connectivity index (χ1n) is 6.25. The zero-order chi connectivity index (χ0) is 14.7. The summed E-state index contributed by atoms with van der Waals surface area (Å²) in [6.45, 7) is 0. The summed E-state index contributed by atoms with van der Waals surface area (Å²) < 4.78 is 1.66. The zero-order valence-corrected chi connectivity index (χ0v) is 11.0. The Labute approximate surface area is 120 Å². The van der Waals surface area contributed by atoms with Gasteiger partial charge in [-0.2, -0.15) is 11.0 Å². The first kappa shape index (κ1) is 13.0. The summed E-state index contributed by atoms with van der Waals surface area (Å²) >= 11 is 0. The number of benzene rings is 1. The molecule has 21 heavy (non-hydrogen) atoms. The molecule has 1 aromatic carbocycles. The Hall–Kier alpha value is -2.99. The molecule has 0 unspecified atom stereocenters. The van der Waals surface area contributed by atoms with Crippen molar-refractivity contribution in [1.29, 1.82) is 0 Å². The molecule has 0 bridgehead atoms. The highest BCUT2D eigenvalue weighted by Crippen LogP contribution is 2.18. The highest BCUT2D eigenvalue weighted by atomic mass is 16.7. The first-order valence-corrected chi connectivity index (χ1v) is 6.25. The van der Waals surface area contributed by atoms with Gasteiger partial charge in [0.05, 0.1) is 23.1 Å². The number of rotatable bonds is 3. The summed E-state index contributed by atoms with van der Waals surface area (Å²) in [6, 6.07) is 12.5. The van der Waals surface area contributed by atoms with Gasteiger partial charge in [0.1, 0.15) is 0 Å². The van der Waals surface area contributed by atoms with E-state index in [-0.39, 0.29) is 0 Å². The monoisotopic (exact) mass is 280 g/mol. The quantitative estimate of drug-likeness (QED) is 0.741. The first-order chi connectivity index (χ1) is 10.3. The van der Waals surface area contributed by atoms with E-state index >= 15 is 0 Å². The van der Waals surface area contributed by atoms with E-state index in [1.54, 1.807) is 35.3 Å². The minimum Gasteiger partial charge on any atom is -0.370 e. The van der Waals surface area contributed by atoms with E-state index in [4.69, 9.17) is 5.90 Å². The number of hydrogen-bond acceptors (Lipinski definition) is 5. The molecule has 6 nitrogen and oxygen atoms in total. The van der Waals surface area contributed by atoms with Gasteiger partial charge in [-0.25, -0.2) is 9.48 Å². The summed E-state index contributed by atoms with van der Waals surface area (Å²) in [5, 5.41) is 4.28. The average Bonchev–Trinajstić information content (AvgIpc) is 3.05. The van der Waals surface area contributed by atoms with Crippen molar-refractivity contribution in [2.24, 2.45) is 5.90 Å². The van der Waals surface area contributed by atoms with Gasteiger partial charge >= 0.3 is 5.97 Å². The molecule has 0 fully saturated rings. The summed E-state index contributed by atoms with van der Waals surface area (Å²) in [7, 11) is 0. The lowest BCUT2D eigenvalue weighted by atomic mass is 10.2. The zero-order valence-electron chi connectivity index (χ0n) is 11.0. The van der Waals surface area contributed by atoms with Crippen LogP contribution in [0.15, 0.2) is 61.1 Å². The summed E-state index contributed by atoms with van der Waals surface area (Å²) in [5.41, 5.74) is 2.83. The van der Waals surface area contributed by atoms with Crippen molar-refractivity contribution in [3.05, 3.63) is 66.6 Å². The van der Waals surface area contributed by atoms with Crippen LogP contribution in [0.1, 0.15) is 10.4 Å². The Kier molecular flexibility index (Phi) is 3.44. The summed E-state index contributed by atoms with van der Waals surface area (Å²) in [4.78, 5) is 19.9. The lowest BCUT2D eigenvalue weighted by Gasteiger charge is -2.03. The molecular formula is C15H12N4O2. The molecule has 0 saturated heterocycles. The molecule has 3 aromatic rings. The van der Waals surface area contributed by atoms with Crippen molar-refractivity contribution in [1.82, 2.24) is 14.8 Å². The Morgan fingerprint density at radius 3 is 2.86 bits per heavy atom. The van der Waals surface area contributed by atoms with Crippen LogP contribution in [0.5, 0.6) is 0 Å². The second kappa shape index (κ2) is 5.56. The standard InChI is InChI=1S/C15H12N4O2/c16-21-15(20)11-4-3-5-13(8-11)19-10-12(9-18-19)14-6-1-2-7-17-14/h1-10H,16H2. The van der Waals surface area contributed by atoms with E-state index in [1.165, 1.54) is 0 Å². The lowest BCUT2D eigenvalue weighted by molar-refractivity contribution is 0.0503. The maximum Gasteiger partial charge on any atom is 0.356 e. The molecule has 0 aliphatic carbocycles. The third-order valence-electron chi connectivity index (χ3n) is 3.00. The van der Waals surface area contributed by atoms with E-state index in [9.17, 15) is 4.79 Å². The maximum absolute atomic E-state index is 11.4. The van der Waals surface area contributed by atoms with Crippen LogP contribution in [0.25, 0.3) is 16.9 Å². The molecule has 0 aliphatic rings. The number of nitrogens with two attached hydrogens (primary N) is 1. The molecule has 3 rings (SSSR count). The highest BCUT2D eigenvalue weighted by molar-refractivity contribution is 5.89. The minimum absolute atomic E-state index is 0.366. The Morgan fingerprint density at radius 2 is 2.10 bits per heavy atom. The third kappa shape index (κ3) is 2.65. The van der Waals surface area contributed by atoms with Crippen molar-refractivity contribution in [3.8, 4) is 16.9 Å². The van der Waals surface area contributed by atoms with E-state index in [1.807, 2.05) is 30.5 Å². The summed E-state index contributed by atoms with van der Waals surface area (Å²) in [6.07, 6.45) is 5.29. The van der Waals surface area contributed by atoms with E-state index in [0.717, 1.165) is 16.9 Å². The van der Waals surface area contributed by atoms with Crippen LogP contribution in [0.3, 0.4) is 0 Å². The van der Waals surface area contributed by atoms with Gasteiger partial charge in [-0.3, -0.25) is 4.98 Å². The van der Waals surface area contributed by atoms with Crippen molar-refractivity contribution in [3.63, 3.8) is 0 Å². The average molecular weight is 280 g/mol. The number of hydrogen-bond donors (Lipinski definition) is 1. The Morgan fingerprint density at radius 1 is 1.19 bits per heavy atom. The highest BCUT2D eigenvalue weighted by Gasteiger charge is 2.09. The van der Waals surface area contributed by atoms with E-state index in [2.05, 4.69) is 14.9 Å². The van der Waals surface area contributed by atoms with Gasteiger partial charge < -0.3 is 4.84 Å². The third-order valence-corrected chi connectivity index (χ3v) is 3.00. The maximum atomic E-state index is 11.4. The molecule has 0 radical (unpaired) electrons. The molecular weight excluding hydrogens is 268 g/mol. The number of carbonyl (C=O) groups is 1. The lowest BCUT2D eigenvalue weighted by Crippen LogP contribution is -2.10. The van der Waals surface area contributed by atoms with Gasteiger partial charge in [0.15, 0.2) is 0 Å². The van der Waals surface area contributed by atoms with Crippen LogP contribution < -0.4 is 5.90 Å². The van der Waals surface area contributed by atoms with Crippen molar-refractivity contribution < 1.29 is 9.63 Å². The fraction of sp³-hybridized carbons (Fsp3) is 0. The Balaban J connectivity index is 1.95. The number of pyridine rings is 1. The van der Waals surface area contributed by atoms with Crippen LogP contribution in [0.2, 0.25) is 0 Å². The Bertz CT molecular complexity index is 768. The number of nitrogens with zero attached hydrogens (tertiary/aromatic N) is 3. The van der Waals surface area contributed by atoms with Gasteiger partial charge in [0, 0.05) is 18.0 Å². The molecule has 0 spiro atoms. The van der Waals surface area contributed by atoms with Crippen molar-refractivity contribution >= 4 is 5.97 Å². The largest absolute Gasteiger partial charge is 0.370 e. The SMILES string of the molecule is NOC(=O)c1cccc(-n2cc(-c3ccccn3)cn2)c1. The van der Waals surface area contributed by atoms with Crippen LogP contribution in [-0.4, -0.2) is 20.7 Å². The van der Waals surface area contributed by atoms with Crippen molar-refractivity contribution in [2.75, 3.05) is 0 Å². The molecule has 104 valence electrons. The second-order valence-electron chi connectivity index (χ2n) is 4.34. The summed E-state index contributed by atoms with van der Waals surface area (Å²) in [5.74, 6) is 4.30. The smallest absolute Gasteiger partial charge is 0.356 e. The fourth-order valence-corrected chi connectivity index (χ4v) is 1.97. The van der Waals surface area contributed by atoms with Gasteiger partial charge in [-0.1, -0.05) is 12.1 Å². The molecule has 2 aromatic heterocycles. The van der Waals surface area contributed by atoms with Gasteiger partial charge in [0.25, 0.3) is 0 Å². The van der Waals surface area contributed by atoms with Gasteiger partial charge in [0.2, 0.25) is 0 Å². The number of aromatic nitrogens is 3. The van der Waals surface area contributed by atoms with Crippen LogP contribution in [0, 0.1) is 0 Å². The van der Waals surface area contributed by atoms with Crippen LogP contribution >= 0.6 is 0 Å².